The van der Waals surface area contributed by atoms with Crippen molar-refractivity contribution in [1.82, 2.24) is 14.8 Å². The summed E-state index contributed by atoms with van der Waals surface area (Å²) >= 11 is 0. The van der Waals surface area contributed by atoms with E-state index in [1.807, 2.05) is 16.7 Å². The monoisotopic (exact) mass is 355 g/mol. The second-order valence-corrected chi connectivity index (χ2v) is 6.82. The molecule has 1 aromatic heterocycles. The van der Waals surface area contributed by atoms with Crippen LogP contribution in [-0.2, 0) is 11.2 Å². The number of carbonyl (C=O) groups excluding carboxylic acids is 1. The van der Waals surface area contributed by atoms with E-state index in [2.05, 4.69) is 10.2 Å². The van der Waals surface area contributed by atoms with Gasteiger partial charge in [0.1, 0.15) is 17.0 Å². The summed E-state index contributed by atoms with van der Waals surface area (Å²) in [6.07, 6.45) is 10.5. The van der Waals surface area contributed by atoms with Crippen molar-refractivity contribution in [2.75, 3.05) is 7.11 Å². The molecular weight excluding hydrogens is 334 g/mol. The van der Waals surface area contributed by atoms with Gasteiger partial charge in [0.25, 0.3) is 5.56 Å². The topological polar surface area (TPSA) is 90.1 Å². The van der Waals surface area contributed by atoms with Crippen molar-refractivity contribution in [2.24, 2.45) is 5.92 Å². The zero-order chi connectivity index (χ0) is 18.1. The van der Waals surface area contributed by atoms with Crippen LogP contribution in [0.15, 0.2) is 40.0 Å². The molecule has 0 bridgehead atoms. The fourth-order valence-corrected chi connectivity index (χ4v) is 4.01. The summed E-state index contributed by atoms with van der Waals surface area (Å²) in [4.78, 5) is 24.3. The van der Waals surface area contributed by atoms with Crippen LogP contribution >= 0.6 is 0 Å². The number of hydrogen-bond donors (Lipinski definition) is 1. The number of nitrogens with one attached hydrogen (secondary N) is 1. The fourth-order valence-electron chi connectivity index (χ4n) is 4.01. The number of furan rings is 1. The molecule has 26 heavy (non-hydrogen) atoms. The van der Waals surface area contributed by atoms with Gasteiger partial charge >= 0.3 is 5.97 Å². The van der Waals surface area contributed by atoms with Crippen molar-refractivity contribution in [3.05, 3.63) is 52.5 Å². The second kappa shape index (κ2) is 6.82. The molecule has 2 aliphatic heterocycles. The molecule has 3 aliphatic rings. The number of esters is 1. The van der Waals surface area contributed by atoms with Crippen molar-refractivity contribution in [3.63, 3.8) is 0 Å². The standard InChI is InChI=1S/C19H21N3O4/c1-25-19(24)15-11-22(10-14-17(15)20-21-18(14)23)16-7-3-2-5-12(16)9-13-6-4-8-26-13/h4,6,8,10-12,16H,2-3,5,7,9H2,1H3,(H,21,23)/t12-,16-/m0/s1. The Morgan fingerprint density at radius 2 is 2.23 bits per heavy atom. The molecule has 1 N–H and O–H groups in total. The molecule has 136 valence electrons. The van der Waals surface area contributed by atoms with Crippen molar-refractivity contribution in [1.29, 1.82) is 0 Å². The van der Waals surface area contributed by atoms with Crippen LogP contribution in [0.25, 0.3) is 11.3 Å². The van der Waals surface area contributed by atoms with E-state index in [4.69, 9.17) is 9.15 Å². The van der Waals surface area contributed by atoms with Gasteiger partial charge < -0.3 is 13.7 Å². The summed E-state index contributed by atoms with van der Waals surface area (Å²) in [5.41, 5.74) is 0.787. The molecule has 7 heteroatoms. The number of pyridine rings is 1. The zero-order valence-electron chi connectivity index (χ0n) is 14.6. The predicted octanol–water partition coefficient (Wildman–Crippen LogP) is 3.03. The summed E-state index contributed by atoms with van der Waals surface area (Å²) in [6.45, 7) is 0. The first kappa shape index (κ1) is 16.6. The highest BCUT2D eigenvalue weighted by Crippen LogP contribution is 2.37. The molecule has 4 rings (SSSR count). The lowest BCUT2D eigenvalue weighted by Gasteiger charge is -2.33. The smallest absolute Gasteiger partial charge is 0.341 e. The van der Waals surface area contributed by atoms with Crippen molar-refractivity contribution < 1.29 is 13.9 Å². The first-order valence-corrected chi connectivity index (χ1v) is 8.88. The summed E-state index contributed by atoms with van der Waals surface area (Å²) < 4.78 is 12.4. The first-order valence-electron chi connectivity index (χ1n) is 8.88. The number of carbonyl (C=O) groups is 1. The summed E-state index contributed by atoms with van der Waals surface area (Å²) in [5, 5.41) is 6.42. The molecule has 1 fully saturated rings. The van der Waals surface area contributed by atoms with Gasteiger partial charge in [-0.1, -0.05) is 12.8 Å². The minimum Gasteiger partial charge on any atom is -0.469 e. The number of aromatic nitrogens is 3. The van der Waals surface area contributed by atoms with Gasteiger partial charge in [-0.15, -0.1) is 0 Å². The third-order valence-corrected chi connectivity index (χ3v) is 5.28. The SMILES string of the molecule is COC(=O)c1cn([C@H]2CCCC[C@H]2Cc2ccco2)cc2c(=O)[nH]nc1-2. The minimum atomic E-state index is -0.491. The van der Waals surface area contributed by atoms with E-state index in [9.17, 15) is 9.59 Å². The Hall–Kier alpha value is -2.83. The predicted molar refractivity (Wildman–Crippen MR) is 94.2 cm³/mol. The molecule has 0 saturated heterocycles. The van der Waals surface area contributed by atoms with Gasteiger partial charge in [0.2, 0.25) is 0 Å². The average Bonchev–Trinajstić information content (AvgIpc) is 3.31. The van der Waals surface area contributed by atoms with Gasteiger partial charge in [0.05, 0.1) is 18.9 Å². The fraction of sp³-hybridized carbons (Fsp3) is 0.421. The largest absolute Gasteiger partial charge is 0.469 e. The first-order chi connectivity index (χ1) is 12.7. The summed E-state index contributed by atoms with van der Waals surface area (Å²) in [5.74, 6) is 0.851. The summed E-state index contributed by atoms with van der Waals surface area (Å²) in [7, 11) is 1.33. The molecule has 1 aliphatic carbocycles. The number of hydrogen-bond acceptors (Lipinski definition) is 5. The molecule has 1 saturated carbocycles. The molecular formula is C19H21N3O4. The Kier molecular flexibility index (Phi) is 4.36. The maximum atomic E-state index is 12.2. The van der Waals surface area contributed by atoms with Crippen LogP contribution in [0.3, 0.4) is 0 Å². The Morgan fingerprint density at radius 3 is 3.00 bits per heavy atom. The molecule has 3 heterocycles. The van der Waals surface area contributed by atoms with Crippen molar-refractivity contribution in [3.8, 4) is 11.3 Å². The van der Waals surface area contributed by atoms with Crippen molar-refractivity contribution in [2.45, 2.75) is 38.1 Å². The van der Waals surface area contributed by atoms with Crippen LogP contribution in [0, 0.1) is 5.92 Å². The molecule has 2 atom stereocenters. The quantitative estimate of drug-likeness (QED) is 0.727. The highest BCUT2D eigenvalue weighted by atomic mass is 16.5. The van der Waals surface area contributed by atoms with E-state index < -0.39 is 5.97 Å². The van der Waals surface area contributed by atoms with Crippen LogP contribution in [0.2, 0.25) is 0 Å². The van der Waals surface area contributed by atoms with Gasteiger partial charge in [0, 0.05) is 24.9 Å². The minimum absolute atomic E-state index is 0.191. The van der Waals surface area contributed by atoms with Gasteiger partial charge in [-0.2, -0.15) is 5.10 Å². The number of methoxy groups -OCH3 is 1. The van der Waals surface area contributed by atoms with E-state index in [1.54, 1.807) is 18.7 Å². The molecule has 7 nitrogen and oxygen atoms in total. The number of rotatable bonds is 4. The van der Waals surface area contributed by atoms with E-state index >= 15 is 0 Å². The molecule has 0 radical (unpaired) electrons. The van der Waals surface area contributed by atoms with Crippen LogP contribution in [0.1, 0.15) is 47.8 Å². The van der Waals surface area contributed by atoms with Crippen LogP contribution in [0.4, 0.5) is 0 Å². The number of fused-ring (bicyclic) bond motifs is 1. The van der Waals surface area contributed by atoms with Gasteiger partial charge in [0.15, 0.2) is 0 Å². The second-order valence-electron chi connectivity index (χ2n) is 6.82. The summed E-state index contributed by atoms with van der Waals surface area (Å²) in [6, 6.07) is 4.08. The highest BCUT2D eigenvalue weighted by Gasteiger charge is 2.30. The van der Waals surface area contributed by atoms with Gasteiger partial charge in [-0.3, -0.25) is 4.79 Å². The number of H-pyrrole nitrogens is 1. The number of ether oxygens (including phenoxy) is 1. The molecule has 0 aromatic carbocycles. The average molecular weight is 355 g/mol. The molecule has 0 spiro atoms. The maximum Gasteiger partial charge on any atom is 0.341 e. The van der Waals surface area contributed by atoms with E-state index in [-0.39, 0.29) is 11.6 Å². The lowest BCUT2D eigenvalue weighted by molar-refractivity contribution is 0.0599. The van der Waals surface area contributed by atoms with Crippen LogP contribution < -0.4 is 5.56 Å². The molecule has 0 unspecified atom stereocenters. The number of aromatic amines is 1. The zero-order valence-corrected chi connectivity index (χ0v) is 14.6. The highest BCUT2D eigenvalue weighted by molar-refractivity contribution is 5.95. The third kappa shape index (κ3) is 2.94. The third-order valence-electron chi connectivity index (χ3n) is 5.28. The van der Waals surface area contributed by atoms with E-state index in [0.717, 1.165) is 31.4 Å². The lowest BCUT2D eigenvalue weighted by Crippen LogP contribution is -2.26. The molecule has 0 amide bonds. The maximum absolute atomic E-state index is 12.2. The normalized spacial score (nSPS) is 20.3. The van der Waals surface area contributed by atoms with Gasteiger partial charge in [-0.25, -0.2) is 9.89 Å². The van der Waals surface area contributed by atoms with E-state index in [0.29, 0.717) is 22.7 Å². The molecule has 1 aromatic rings. The van der Waals surface area contributed by atoms with Gasteiger partial charge in [-0.05, 0) is 30.9 Å². The van der Waals surface area contributed by atoms with Crippen LogP contribution in [0.5, 0.6) is 0 Å². The Labute approximate surface area is 150 Å². The van der Waals surface area contributed by atoms with E-state index in [1.165, 1.54) is 13.5 Å². The van der Waals surface area contributed by atoms with Crippen molar-refractivity contribution >= 4 is 5.97 Å². The number of nitrogens with zero attached hydrogens (tertiary/aromatic N) is 2. The Bertz CT molecular complexity index is 925. The Balaban J connectivity index is 1.76. The lowest BCUT2D eigenvalue weighted by atomic mass is 9.81. The Morgan fingerprint density at radius 1 is 1.38 bits per heavy atom. The van der Waals surface area contributed by atoms with Crippen LogP contribution in [-0.4, -0.2) is 27.8 Å².